The van der Waals surface area contributed by atoms with Gasteiger partial charge in [0.1, 0.15) is 11.6 Å². The van der Waals surface area contributed by atoms with E-state index in [9.17, 15) is 9.50 Å². The van der Waals surface area contributed by atoms with Crippen molar-refractivity contribution < 1.29 is 19.0 Å². The number of aromatic hydroxyl groups is 1. The van der Waals surface area contributed by atoms with Crippen LogP contribution < -0.4 is 14.8 Å². The van der Waals surface area contributed by atoms with Gasteiger partial charge in [-0.3, -0.25) is 0 Å². The molecule has 0 unspecified atom stereocenters. The highest BCUT2D eigenvalue weighted by molar-refractivity contribution is 9.10. The zero-order valence-electron chi connectivity index (χ0n) is 10.3. The molecule has 0 fully saturated rings. The van der Waals surface area contributed by atoms with Gasteiger partial charge in [-0.05, 0) is 40.2 Å². The van der Waals surface area contributed by atoms with Crippen molar-refractivity contribution in [1.82, 2.24) is 0 Å². The van der Waals surface area contributed by atoms with Gasteiger partial charge in [-0.25, -0.2) is 4.39 Å². The highest BCUT2D eigenvalue weighted by atomic mass is 79.9. The Morgan fingerprint density at radius 2 is 1.95 bits per heavy atom. The minimum absolute atomic E-state index is 0.125. The zero-order chi connectivity index (χ0) is 14.1. The van der Waals surface area contributed by atoms with Crippen molar-refractivity contribution >= 4 is 21.6 Å². The molecule has 1 aliphatic heterocycles. The third-order valence-corrected chi connectivity index (χ3v) is 3.63. The van der Waals surface area contributed by atoms with Crippen LogP contribution in [0.3, 0.4) is 0 Å². The summed E-state index contributed by atoms with van der Waals surface area (Å²) in [6.07, 6.45) is 0. The normalized spacial score (nSPS) is 12.5. The van der Waals surface area contributed by atoms with Gasteiger partial charge in [0.05, 0.1) is 0 Å². The Bertz CT molecular complexity index is 663. The van der Waals surface area contributed by atoms with Crippen molar-refractivity contribution in [3.8, 4) is 17.2 Å². The van der Waals surface area contributed by atoms with Crippen molar-refractivity contribution in [3.63, 3.8) is 0 Å². The first-order valence-electron chi connectivity index (χ1n) is 5.94. The lowest BCUT2D eigenvalue weighted by molar-refractivity contribution is 0.174. The maximum atomic E-state index is 13.0. The Balaban J connectivity index is 1.78. The van der Waals surface area contributed by atoms with E-state index in [1.54, 1.807) is 12.1 Å². The SMILES string of the molecule is Oc1cc2c(cc1CNc1ccc(F)cc1Br)OCO2. The summed E-state index contributed by atoms with van der Waals surface area (Å²) in [7, 11) is 0. The Hall–Kier alpha value is -1.95. The molecule has 0 atom stereocenters. The zero-order valence-corrected chi connectivity index (χ0v) is 11.9. The molecule has 0 saturated carbocycles. The summed E-state index contributed by atoms with van der Waals surface area (Å²) >= 11 is 3.28. The van der Waals surface area contributed by atoms with Gasteiger partial charge in [-0.1, -0.05) is 0 Å². The van der Waals surface area contributed by atoms with E-state index >= 15 is 0 Å². The first-order valence-corrected chi connectivity index (χ1v) is 6.73. The molecule has 0 bridgehead atoms. The first kappa shape index (κ1) is 13.1. The number of anilines is 1. The quantitative estimate of drug-likeness (QED) is 0.896. The van der Waals surface area contributed by atoms with Gasteiger partial charge in [0.2, 0.25) is 6.79 Å². The lowest BCUT2D eigenvalue weighted by Crippen LogP contribution is -2.00. The minimum atomic E-state index is -0.312. The fourth-order valence-corrected chi connectivity index (χ4v) is 2.43. The molecular formula is C14H11BrFNO3. The molecule has 2 aromatic carbocycles. The van der Waals surface area contributed by atoms with Crippen LogP contribution in [0.15, 0.2) is 34.8 Å². The smallest absolute Gasteiger partial charge is 0.231 e. The second-order valence-electron chi connectivity index (χ2n) is 4.31. The number of fused-ring (bicyclic) bond motifs is 1. The van der Waals surface area contributed by atoms with Crippen LogP contribution in [0.2, 0.25) is 0 Å². The Kier molecular flexibility index (Phi) is 3.40. The monoisotopic (exact) mass is 339 g/mol. The molecular weight excluding hydrogens is 329 g/mol. The van der Waals surface area contributed by atoms with Crippen LogP contribution in [0.4, 0.5) is 10.1 Å². The third-order valence-electron chi connectivity index (χ3n) is 2.97. The van der Waals surface area contributed by atoms with E-state index in [0.29, 0.717) is 28.1 Å². The van der Waals surface area contributed by atoms with Gasteiger partial charge >= 0.3 is 0 Å². The van der Waals surface area contributed by atoms with Crippen molar-refractivity contribution in [3.05, 3.63) is 46.2 Å². The molecule has 0 aliphatic carbocycles. The summed E-state index contributed by atoms with van der Waals surface area (Å²) in [5.74, 6) is 0.959. The standard InChI is InChI=1S/C14H11BrFNO3/c15-10-4-9(16)1-2-11(10)17-6-8-3-13-14(5-12(8)18)20-7-19-13/h1-5,17-18H,6-7H2. The van der Waals surface area contributed by atoms with Crippen LogP contribution in [0.5, 0.6) is 17.2 Å². The van der Waals surface area contributed by atoms with Crippen molar-refractivity contribution in [2.24, 2.45) is 0 Å². The van der Waals surface area contributed by atoms with Gasteiger partial charge in [-0.15, -0.1) is 0 Å². The van der Waals surface area contributed by atoms with E-state index in [2.05, 4.69) is 21.2 Å². The second-order valence-corrected chi connectivity index (χ2v) is 5.17. The van der Waals surface area contributed by atoms with Gasteiger partial charge in [0, 0.05) is 28.3 Å². The molecule has 2 aromatic rings. The maximum absolute atomic E-state index is 13.0. The molecule has 0 aromatic heterocycles. The number of ether oxygens (including phenoxy) is 2. The average molecular weight is 340 g/mol. The van der Waals surface area contributed by atoms with Crippen molar-refractivity contribution in [2.75, 3.05) is 12.1 Å². The van der Waals surface area contributed by atoms with Crippen LogP contribution in [0.1, 0.15) is 5.56 Å². The number of halogens is 2. The highest BCUT2D eigenvalue weighted by Gasteiger charge is 2.17. The van der Waals surface area contributed by atoms with Crippen molar-refractivity contribution in [2.45, 2.75) is 6.54 Å². The van der Waals surface area contributed by atoms with E-state index in [1.165, 1.54) is 18.2 Å². The summed E-state index contributed by atoms with van der Waals surface area (Å²) in [5.41, 5.74) is 1.41. The highest BCUT2D eigenvalue weighted by Crippen LogP contribution is 2.38. The molecule has 1 heterocycles. The van der Waals surface area contributed by atoms with Crippen LogP contribution in [0, 0.1) is 5.82 Å². The molecule has 2 N–H and O–H groups in total. The van der Waals surface area contributed by atoms with Crippen LogP contribution in [0.25, 0.3) is 0 Å². The number of hydrogen-bond acceptors (Lipinski definition) is 4. The first-order chi connectivity index (χ1) is 9.63. The number of hydrogen-bond donors (Lipinski definition) is 2. The predicted molar refractivity (Wildman–Crippen MR) is 75.7 cm³/mol. The fourth-order valence-electron chi connectivity index (χ4n) is 1.94. The summed E-state index contributed by atoms with van der Waals surface area (Å²) < 4.78 is 24.1. The van der Waals surface area contributed by atoms with E-state index in [-0.39, 0.29) is 18.4 Å². The van der Waals surface area contributed by atoms with E-state index in [0.717, 1.165) is 5.69 Å². The number of nitrogens with one attached hydrogen (secondary N) is 1. The topological polar surface area (TPSA) is 50.7 Å². The molecule has 0 radical (unpaired) electrons. The summed E-state index contributed by atoms with van der Waals surface area (Å²) in [6, 6.07) is 7.62. The minimum Gasteiger partial charge on any atom is -0.507 e. The average Bonchev–Trinajstić information content (AvgIpc) is 2.84. The number of phenolic OH excluding ortho intramolecular Hbond substituents is 1. The molecule has 1 aliphatic rings. The maximum Gasteiger partial charge on any atom is 0.231 e. The summed E-state index contributed by atoms with van der Waals surface area (Å²) in [4.78, 5) is 0. The van der Waals surface area contributed by atoms with Crippen molar-refractivity contribution in [1.29, 1.82) is 0 Å². The number of benzene rings is 2. The van der Waals surface area contributed by atoms with Gasteiger partial charge in [-0.2, -0.15) is 0 Å². The van der Waals surface area contributed by atoms with Crippen LogP contribution in [-0.4, -0.2) is 11.9 Å². The van der Waals surface area contributed by atoms with E-state index in [1.807, 2.05) is 0 Å². The van der Waals surface area contributed by atoms with E-state index < -0.39 is 0 Å². The molecule has 0 amide bonds. The van der Waals surface area contributed by atoms with Gasteiger partial charge < -0.3 is 19.9 Å². The fraction of sp³-hybridized carbons (Fsp3) is 0.143. The second kappa shape index (κ2) is 5.20. The van der Waals surface area contributed by atoms with Gasteiger partial charge in [0.25, 0.3) is 0 Å². The van der Waals surface area contributed by atoms with Crippen LogP contribution >= 0.6 is 15.9 Å². The van der Waals surface area contributed by atoms with Gasteiger partial charge in [0.15, 0.2) is 11.5 Å². The molecule has 0 spiro atoms. The summed E-state index contributed by atoms with van der Waals surface area (Å²) in [5, 5.41) is 13.0. The molecule has 104 valence electrons. The number of phenols is 1. The lowest BCUT2D eigenvalue weighted by Gasteiger charge is -2.10. The molecule has 20 heavy (non-hydrogen) atoms. The molecule has 0 saturated heterocycles. The third kappa shape index (κ3) is 2.51. The molecule has 6 heteroatoms. The molecule has 4 nitrogen and oxygen atoms in total. The Labute approximate surface area is 123 Å². The number of rotatable bonds is 3. The largest absolute Gasteiger partial charge is 0.507 e. The predicted octanol–water partition coefficient (Wildman–Crippen LogP) is 3.63. The lowest BCUT2D eigenvalue weighted by atomic mass is 10.1. The van der Waals surface area contributed by atoms with Crippen LogP contribution in [-0.2, 0) is 6.54 Å². The molecule has 3 rings (SSSR count). The Morgan fingerprint density at radius 3 is 2.70 bits per heavy atom. The Morgan fingerprint density at radius 1 is 1.20 bits per heavy atom. The summed E-state index contributed by atoms with van der Waals surface area (Å²) in [6.45, 7) is 0.544. The van der Waals surface area contributed by atoms with E-state index in [4.69, 9.17) is 9.47 Å².